The third kappa shape index (κ3) is 1.59. The summed E-state index contributed by atoms with van der Waals surface area (Å²) in [4.78, 5) is 8.07. The summed E-state index contributed by atoms with van der Waals surface area (Å²) in [6.45, 7) is 5.13. The van der Waals surface area contributed by atoms with E-state index < -0.39 is 0 Å². The molecule has 2 fully saturated rings. The lowest BCUT2D eigenvalue weighted by Gasteiger charge is -2.08. The highest BCUT2D eigenvalue weighted by atomic mass is 16.5. The van der Waals surface area contributed by atoms with Crippen LogP contribution in [0.4, 0.5) is 0 Å². The maximum absolute atomic E-state index is 5.72. The van der Waals surface area contributed by atoms with Crippen molar-refractivity contribution in [3.8, 4) is 5.88 Å². The highest BCUT2D eigenvalue weighted by molar-refractivity contribution is 5.20. The van der Waals surface area contributed by atoms with Gasteiger partial charge >= 0.3 is 0 Å². The number of nitrogens with one attached hydrogen (secondary N) is 1. The molecule has 0 aromatic carbocycles. The average Bonchev–Trinajstić information content (AvgIpc) is 2.71. The molecule has 2 heterocycles. The van der Waals surface area contributed by atoms with E-state index in [2.05, 4.69) is 15.3 Å². The number of aromatic nitrogens is 2. The second kappa shape index (κ2) is 3.45. The highest BCUT2D eigenvalue weighted by Crippen LogP contribution is 2.48. The molecule has 0 radical (unpaired) electrons. The van der Waals surface area contributed by atoms with Crippen molar-refractivity contribution in [3.05, 3.63) is 18.1 Å². The number of rotatable bonds is 3. The summed E-state index contributed by atoms with van der Waals surface area (Å²) in [6, 6.07) is 0. The first-order chi connectivity index (χ1) is 7.36. The Morgan fingerprint density at radius 2 is 2.27 bits per heavy atom. The average molecular weight is 205 g/mol. The van der Waals surface area contributed by atoms with Crippen LogP contribution in [-0.4, -0.2) is 29.7 Å². The summed E-state index contributed by atoms with van der Waals surface area (Å²) >= 11 is 0. The molecule has 1 aliphatic carbocycles. The zero-order valence-electron chi connectivity index (χ0n) is 8.81. The normalized spacial score (nSPS) is 32.5. The van der Waals surface area contributed by atoms with Crippen LogP contribution in [0.25, 0.3) is 0 Å². The fraction of sp³-hybridized carbons (Fsp3) is 0.636. The molecule has 1 saturated carbocycles. The summed E-state index contributed by atoms with van der Waals surface area (Å²) in [5.41, 5.74) is 1.02. The van der Waals surface area contributed by atoms with Crippen LogP contribution in [-0.2, 0) is 0 Å². The van der Waals surface area contributed by atoms with Crippen molar-refractivity contribution in [1.82, 2.24) is 15.3 Å². The number of fused-ring (bicyclic) bond motifs is 1. The minimum Gasteiger partial charge on any atom is -0.477 e. The van der Waals surface area contributed by atoms with Gasteiger partial charge in [-0.3, -0.25) is 0 Å². The van der Waals surface area contributed by atoms with Crippen molar-refractivity contribution in [3.63, 3.8) is 0 Å². The lowest BCUT2D eigenvalue weighted by Crippen LogP contribution is -2.18. The van der Waals surface area contributed by atoms with Gasteiger partial charge in [-0.2, -0.15) is 0 Å². The Morgan fingerprint density at radius 3 is 3.00 bits per heavy atom. The van der Waals surface area contributed by atoms with Gasteiger partial charge in [0.2, 0.25) is 5.88 Å². The van der Waals surface area contributed by atoms with E-state index in [1.807, 2.05) is 6.92 Å². The molecule has 3 rings (SSSR count). The molecule has 0 amide bonds. The molecule has 1 N–H and O–H groups in total. The van der Waals surface area contributed by atoms with Gasteiger partial charge in [-0.25, -0.2) is 9.97 Å². The zero-order valence-corrected chi connectivity index (χ0v) is 8.81. The number of piperidine rings is 1. The van der Waals surface area contributed by atoms with Gasteiger partial charge in [0.1, 0.15) is 6.33 Å². The molecule has 2 aliphatic rings. The van der Waals surface area contributed by atoms with Gasteiger partial charge in [-0.15, -0.1) is 0 Å². The third-order valence-electron chi connectivity index (χ3n) is 3.53. The number of hydrogen-bond donors (Lipinski definition) is 1. The molecule has 1 saturated heterocycles. The minimum atomic E-state index is 0.739. The summed E-state index contributed by atoms with van der Waals surface area (Å²) in [6.07, 6.45) is 3.33. The maximum atomic E-state index is 5.72. The smallest absolute Gasteiger partial charge is 0.219 e. The van der Waals surface area contributed by atoms with E-state index in [-0.39, 0.29) is 0 Å². The molecule has 4 nitrogen and oxygen atoms in total. The Hall–Kier alpha value is -1.16. The minimum absolute atomic E-state index is 0.739. The standard InChI is InChI=1S/C11H15N3O/c1-7-2-13-6-14-11(7)15-5-10-8-3-12-4-9(8)10/h2,6,8-10,12H,3-5H2,1H3. The first-order valence-electron chi connectivity index (χ1n) is 5.46. The molecule has 0 bridgehead atoms. The van der Waals surface area contributed by atoms with Crippen molar-refractivity contribution < 1.29 is 4.74 Å². The quantitative estimate of drug-likeness (QED) is 0.786. The zero-order chi connectivity index (χ0) is 10.3. The molecule has 15 heavy (non-hydrogen) atoms. The summed E-state index contributed by atoms with van der Waals surface area (Å²) in [5.74, 6) is 3.20. The van der Waals surface area contributed by atoms with Gasteiger partial charge in [0.15, 0.2) is 0 Å². The van der Waals surface area contributed by atoms with E-state index in [1.54, 1.807) is 6.20 Å². The van der Waals surface area contributed by atoms with E-state index in [0.29, 0.717) is 0 Å². The summed E-state index contributed by atoms with van der Waals surface area (Å²) in [5, 5.41) is 3.38. The molecule has 4 heteroatoms. The van der Waals surface area contributed by atoms with Gasteiger partial charge in [0, 0.05) is 17.7 Å². The number of hydrogen-bond acceptors (Lipinski definition) is 4. The van der Waals surface area contributed by atoms with E-state index in [4.69, 9.17) is 4.74 Å². The van der Waals surface area contributed by atoms with Crippen LogP contribution in [0.5, 0.6) is 5.88 Å². The van der Waals surface area contributed by atoms with E-state index in [0.717, 1.165) is 35.8 Å². The molecular weight excluding hydrogens is 190 g/mol. The van der Waals surface area contributed by atoms with Crippen LogP contribution in [0.2, 0.25) is 0 Å². The number of nitrogens with zero attached hydrogens (tertiary/aromatic N) is 2. The Morgan fingerprint density at radius 1 is 1.47 bits per heavy atom. The Labute approximate surface area is 89.1 Å². The van der Waals surface area contributed by atoms with Gasteiger partial charge < -0.3 is 10.1 Å². The van der Waals surface area contributed by atoms with E-state index >= 15 is 0 Å². The molecular formula is C11H15N3O. The molecule has 80 valence electrons. The highest BCUT2D eigenvalue weighted by Gasteiger charge is 2.53. The molecule has 2 atom stereocenters. The second-order valence-corrected chi connectivity index (χ2v) is 4.47. The molecule has 0 spiro atoms. The lowest BCUT2D eigenvalue weighted by molar-refractivity contribution is 0.268. The predicted octanol–water partition coefficient (Wildman–Crippen LogP) is 0.629. The topological polar surface area (TPSA) is 47.0 Å². The van der Waals surface area contributed by atoms with E-state index in [9.17, 15) is 0 Å². The van der Waals surface area contributed by atoms with Crippen LogP contribution < -0.4 is 10.1 Å². The van der Waals surface area contributed by atoms with Crippen molar-refractivity contribution >= 4 is 0 Å². The fourth-order valence-electron chi connectivity index (χ4n) is 2.51. The summed E-state index contributed by atoms with van der Waals surface area (Å²) in [7, 11) is 0. The largest absolute Gasteiger partial charge is 0.477 e. The SMILES string of the molecule is Cc1cncnc1OCC1C2CNCC21. The molecule has 1 aromatic rings. The van der Waals surface area contributed by atoms with Gasteiger partial charge in [0.25, 0.3) is 0 Å². The Kier molecular flexibility index (Phi) is 2.09. The summed E-state index contributed by atoms with van der Waals surface area (Å²) < 4.78 is 5.72. The van der Waals surface area contributed by atoms with Crippen LogP contribution >= 0.6 is 0 Å². The maximum Gasteiger partial charge on any atom is 0.219 e. The molecule has 1 aromatic heterocycles. The molecule has 2 unspecified atom stereocenters. The van der Waals surface area contributed by atoms with Crippen molar-refractivity contribution in [1.29, 1.82) is 0 Å². The van der Waals surface area contributed by atoms with Crippen molar-refractivity contribution in [2.75, 3.05) is 19.7 Å². The van der Waals surface area contributed by atoms with Crippen LogP contribution in [0.1, 0.15) is 5.56 Å². The van der Waals surface area contributed by atoms with Crippen LogP contribution in [0, 0.1) is 24.7 Å². The first kappa shape index (κ1) is 9.09. The van der Waals surface area contributed by atoms with Gasteiger partial charge in [-0.05, 0) is 31.8 Å². The van der Waals surface area contributed by atoms with Gasteiger partial charge in [0.05, 0.1) is 6.61 Å². The van der Waals surface area contributed by atoms with Crippen LogP contribution in [0.15, 0.2) is 12.5 Å². The van der Waals surface area contributed by atoms with Gasteiger partial charge in [-0.1, -0.05) is 0 Å². The fourth-order valence-corrected chi connectivity index (χ4v) is 2.51. The Bertz CT molecular complexity index is 359. The number of aryl methyl sites for hydroxylation is 1. The van der Waals surface area contributed by atoms with Crippen molar-refractivity contribution in [2.45, 2.75) is 6.92 Å². The Balaban J connectivity index is 1.57. The predicted molar refractivity (Wildman–Crippen MR) is 55.6 cm³/mol. The molecule has 1 aliphatic heterocycles. The second-order valence-electron chi connectivity index (χ2n) is 4.47. The third-order valence-corrected chi connectivity index (χ3v) is 3.53. The van der Waals surface area contributed by atoms with E-state index in [1.165, 1.54) is 19.4 Å². The number of ether oxygens (including phenoxy) is 1. The van der Waals surface area contributed by atoms with Crippen molar-refractivity contribution in [2.24, 2.45) is 17.8 Å². The van der Waals surface area contributed by atoms with Crippen LogP contribution in [0.3, 0.4) is 0 Å². The first-order valence-corrected chi connectivity index (χ1v) is 5.46. The lowest BCUT2D eigenvalue weighted by atomic mass is 10.3. The monoisotopic (exact) mass is 205 g/mol.